The van der Waals surface area contributed by atoms with Crippen molar-refractivity contribution in [1.82, 2.24) is 5.32 Å². The molecule has 0 saturated heterocycles. The lowest BCUT2D eigenvalue weighted by Crippen LogP contribution is -2.41. The smallest absolute Gasteiger partial charge is 0.416 e. The quantitative estimate of drug-likeness (QED) is 0.707. The van der Waals surface area contributed by atoms with Crippen molar-refractivity contribution in [3.05, 3.63) is 48.0 Å². The van der Waals surface area contributed by atoms with Crippen LogP contribution >= 0.6 is 0 Å². The molecule has 2 atom stereocenters. The number of carbonyl (C=O) groups excluding carboxylic acids is 1. The number of halogens is 3. The number of benzene rings is 1. The summed E-state index contributed by atoms with van der Waals surface area (Å²) in [5.74, 6) is -2.49. The predicted octanol–water partition coefficient (Wildman–Crippen LogP) is 3.73. The zero-order valence-electron chi connectivity index (χ0n) is 13.3. The summed E-state index contributed by atoms with van der Waals surface area (Å²) in [5, 5.41) is 11.4. The molecule has 24 heavy (non-hydrogen) atoms. The van der Waals surface area contributed by atoms with Crippen LogP contribution in [-0.4, -0.2) is 23.0 Å². The van der Waals surface area contributed by atoms with E-state index >= 15 is 0 Å². The Morgan fingerprint density at radius 3 is 2.50 bits per heavy atom. The van der Waals surface area contributed by atoms with Gasteiger partial charge in [-0.2, -0.15) is 13.2 Å². The number of amides is 1. The Labute approximate surface area is 138 Å². The normalized spacial score (nSPS) is 13.8. The van der Waals surface area contributed by atoms with Gasteiger partial charge in [0.2, 0.25) is 5.91 Å². The number of carboxylic acid groups (broad SMARTS) is 1. The second kappa shape index (κ2) is 8.52. The van der Waals surface area contributed by atoms with Crippen LogP contribution in [0.2, 0.25) is 0 Å². The van der Waals surface area contributed by atoms with Gasteiger partial charge in [0.05, 0.1) is 5.56 Å². The van der Waals surface area contributed by atoms with Crippen LogP contribution in [0.15, 0.2) is 36.9 Å². The molecule has 4 nitrogen and oxygen atoms in total. The van der Waals surface area contributed by atoms with E-state index in [4.69, 9.17) is 5.11 Å². The van der Waals surface area contributed by atoms with E-state index in [0.717, 1.165) is 6.07 Å². The Hall–Kier alpha value is -2.31. The molecular weight excluding hydrogens is 323 g/mol. The van der Waals surface area contributed by atoms with E-state index < -0.39 is 35.6 Å². The minimum Gasteiger partial charge on any atom is -0.480 e. The van der Waals surface area contributed by atoms with Crippen molar-refractivity contribution in [3.8, 4) is 0 Å². The van der Waals surface area contributed by atoms with E-state index in [1.807, 2.05) is 0 Å². The number of carbonyl (C=O) groups is 2. The average Bonchev–Trinajstić information content (AvgIpc) is 2.50. The SMILES string of the molecule is C=CCCC(NC(=O)CC(C)c1ccccc1C(F)(F)F)C(=O)O. The molecule has 2 unspecified atom stereocenters. The first-order valence-electron chi connectivity index (χ1n) is 7.46. The van der Waals surface area contributed by atoms with Gasteiger partial charge in [0.25, 0.3) is 0 Å². The molecule has 1 rings (SSSR count). The summed E-state index contributed by atoms with van der Waals surface area (Å²) in [6.45, 7) is 4.98. The fourth-order valence-corrected chi connectivity index (χ4v) is 2.37. The molecule has 0 aliphatic rings. The maximum Gasteiger partial charge on any atom is 0.416 e. The van der Waals surface area contributed by atoms with Crippen molar-refractivity contribution in [2.45, 2.75) is 44.3 Å². The molecule has 0 aliphatic carbocycles. The van der Waals surface area contributed by atoms with Gasteiger partial charge in [-0.15, -0.1) is 6.58 Å². The van der Waals surface area contributed by atoms with E-state index in [-0.39, 0.29) is 18.4 Å². The minimum absolute atomic E-state index is 0.0121. The van der Waals surface area contributed by atoms with Crippen molar-refractivity contribution >= 4 is 11.9 Å². The minimum atomic E-state index is -4.51. The van der Waals surface area contributed by atoms with Gasteiger partial charge in [-0.1, -0.05) is 31.2 Å². The summed E-state index contributed by atoms with van der Waals surface area (Å²) < 4.78 is 39.0. The van der Waals surface area contributed by atoms with Gasteiger partial charge in [-0.05, 0) is 30.4 Å². The zero-order chi connectivity index (χ0) is 18.3. The van der Waals surface area contributed by atoms with Gasteiger partial charge in [0.1, 0.15) is 6.04 Å². The number of allylic oxidation sites excluding steroid dienone is 1. The molecule has 0 saturated carbocycles. The topological polar surface area (TPSA) is 66.4 Å². The number of hydrogen-bond donors (Lipinski definition) is 2. The number of alkyl halides is 3. The van der Waals surface area contributed by atoms with Crippen LogP contribution in [0.5, 0.6) is 0 Å². The Balaban J connectivity index is 2.80. The zero-order valence-corrected chi connectivity index (χ0v) is 13.3. The first-order chi connectivity index (χ1) is 11.2. The van der Waals surface area contributed by atoms with E-state index in [0.29, 0.717) is 6.42 Å². The van der Waals surface area contributed by atoms with Crippen molar-refractivity contribution in [1.29, 1.82) is 0 Å². The lowest BCUT2D eigenvalue weighted by molar-refractivity contribution is -0.142. The van der Waals surface area contributed by atoms with E-state index in [1.165, 1.54) is 31.2 Å². The highest BCUT2D eigenvalue weighted by Crippen LogP contribution is 2.35. The van der Waals surface area contributed by atoms with Crippen LogP contribution in [0.25, 0.3) is 0 Å². The molecule has 0 bridgehead atoms. The summed E-state index contributed by atoms with van der Waals surface area (Å²) in [6, 6.07) is 3.97. The fraction of sp³-hybridized carbons (Fsp3) is 0.412. The molecule has 0 radical (unpaired) electrons. The van der Waals surface area contributed by atoms with Gasteiger partial charge >= 0.3 is 12.1 Å². The summed E-state index contributed by atoms with van der Waals surface area (Å²) in [6.07, 6.45) is -2.62. The Morgan fingerprint density at radius 1 is 1.33 bits per heavy atom. The molecule has 7 heteroatoms. The number of carboxylic acids is 1. The number of aliphatic carboxylic acids is 1. The lowest BCUT2D eigenvalue weighted by atomic mass is 9.92. The molecule has 0 aliphatic heterocycles. The van der Waals surface area contributed by atoms with Crippen LogP contribution in [0.4, 0.5) is 13.2 Å². The second-order valence-electron chi connectivity index (χ2n) is 5.51. The van der Waals surface area contributed by atoms with Crippen molar-refractivity contribution in [2.24, 2.45) is 0 Å². The summed E-state index contributed by atoms with van der Waals surface area (Å²) in [5.41, 5.74) is -0.773. The number of hydrogen-bond acceptors (Lipinski definition) is 2. The molecule has 1 aromatic rings. The third-order valence-corrected chi connectivity index (χ3v) is 3.58. The molecule has 0 heterocycles. The fourth-order valence-electron chi connectivity index (χ4n) is 2.37. The highest BCUT2D eigenvalue weighted by molar-refractivity contribution is 5.84. The van der Waals surface area contributed by atoms with Crippen LogP contribution in [0.3, 0.4) is 0 Å². The van der Waals surface area contributed by atoms with Crippen molar-refractivity contribution in [3.63, 3.8) is 0 Å². The summed E-state index contributed by atoms with van der Waals surface area (Å²) in [7, 11) is 0. The van der Waals surface area contributed by atoms with Crippen molar-refractivity contribution in [2.75, 3.05) is 0 Å². The van der Waals surface area contributed by atoms with Gasteiger partial charge in [0, 0.05) is 6.42 Å². The maximum absolute atomic E-state index is 13.0. The molecule has 2 N–H and O–H groups in total. The van der Waals surface area contributed by atoms with Crippen LogP contribution < -0.4 is 5.32 Å². The second-order valence-corrected chi connectivity index (χ2v) is 5.51. The Kier molecular flexibility index (Phi) is 7.00. The molecule has 1 amide bonds. The number of nitrogens with one attached hydrogen (secondary N) is 1. The van der Waals surface area contributed by atoms with E-state index in [1.54, 1.807) is 0 Å². The third-order valence-electron chi connectivity index (χ3n) is 3.58. The molecule has 0 spiro atoms. The Morgan fingerprint density at radius 2 is 1.96 bits per heavy atom. The van der Waals surface area contributed by atoms with Gasteiger partial charge in [0.15, 0.2) is 0 Å². The third kappa shape index (κ3) is 5.72. The molecule has 132 valence electrons. The number of rotatable bonds is 8. The van der Waals surface area contributed by atoms with Gasteiger partial charge in [-0.25, -0.2) is 4.79 Å². The maximum atomic E-state index is 13.0. The average molecular weight is 343 g/mol. The first kappa shape index (κ1) is 19.7. The van der Waals surface area contributed by atoms with E-state index in [9.17, 15) is 22.8 Å². The highest BCUT2D eigenvalue weighted by atomic mass is 19.4. The summed E-state index contributed by atoms with van der Waals surface area (Å²) in [4.78, 5) is 23.1. The highest BCUT2D eigenvalue weighted by Gasteiger charge is 2.34. The van der Waals surface area contributed by atoms with Crippen LogP contribution in [-0.2, 0) is 15.8 Å². The van der Waals surface area contributed by atoms with E-state index in [2.05, 4.69) is 11.9 Å². The van der Waals surface area contributed by atoms with Crippen LogP contribution in [0.1, 0.15) is 43.2 Å². The van der Waals surface area contributed by atoms with Crippen LogP contribution in [0, 0.1) is 0 Å². The first-order valence-corrected chi connectivity index (χ1v) is 7.46. The lowest BCUT2D eigenvalue weighted by Gasteiger charge is -2.19. The largest absolute Gasteiger partial charge is 0.480 e. The monoisotopic (exact) mass is 343 g/mol. The van der Waals surface area contributed by atoms with Gasteiger partial charge in [-0.3, -0.25) is 4.79 Å². The standard InChI is InChI=1S/C17H20F3NO3/c1-3-4-9-14(16(23)24)21-15(22)10-11(2)12-7-5-6-8-13(12)17(18,19)20/h3,5-8,11,14H,1,4,9-10H2,2H3,(H,21,22)(H,23,24). The molecule has 0 aromatic heterocycles. The van der Waals surface area contributed by atoms with Crippen molar-refractivity contribution < 1.29 is 27.9 Å². The molecular formula is C17H20F3NO3. The summed E-state index contributed by atoms with van der Waals surface area (Å²) >= 11 is 0. The Bertz CT molecular complexity index is 599. The molecule has 1 aromatic carbocycles. The molecule has 0 fully saturated rings. The predicted molar refractivity (Wildman–Crippen MR) is 83.5 cm³/mol. The van der Waals surface area contributed by atoms with Gasteiger partial charge < -0.3 is 10.4 Å².